The summed E-state index contributed by atoms with van der Waals surface area (Å²) < 4.78 is 20.2. The van der Waals surface area contributed by atoms with Crippen LogP contribution in [0.4, 0.5) is 20.7 Å². The van der Waals surface area contributed by atoms with Crippen molar-refractivity contribution >= 4 is 35.0 Å². The van der Waals surface area contributed by atoms with Crippen molar-refractivity contribution in [3.8, 4) is 16.9 Å². The van der Waals surface area contributed by atoms with Gasteiger partial charge in [-0.25, -0.2) is 13.9 Å². The normalized spacial score (nSPS) is 10.7. The maximum Gasteiger partial charge on any atom is 0.322 e. The highest BCUT2D eigenvalue weighted by Gasteiger charge is 2.20. The predicted octanol–water partition coefficient (Wildman–Crippen LogP) is 5.45. The Balaban J connectivity index is 1.54. The number of ether oxygens (including phenoxy) is 1. The molecule has 0 fully saturated rings. The average Bonchev–Trinajstić information content (AvgIpc) is 3.32. The molecule has 10 heteroatoms. The topological polar surface area (TPSA) is 88.5 Å². The van der Waals surface area contributed by atoms with Crippen LogP contribution in [0.15, 0.2) is 84.9 Å². The molecule has 0 bridgehead atoms. The molecular weight excluding hydrogens is 497 g/mol. The third-order valence-corrected chi connectivity index (χ3v) is 5.65. The number of hydrogen-bond acceptors (Lipinski definition) is 4. The highest BCUT2D eigenvalue weighted by molar-refractivity contribution is 6.30. The maximum absolute atomic E-state index is 13.5. The summed E-state index contributed by atoms with van der Waals surface area (Å²) in [5.41, 5.74) is 2.58. The molecule has 0 radical (unpaired) electrons. The van der Waals surface area contributed by atoms with Gasteiger partial charge in [0, 0.05) is 36.0 Å². The van der Waals surface area contributed by atoms with Crippen LogP contribution >= 0.6 is 11.6 Å². The molecule has 3 amide bonds. The fourth-order valence-electron chi connectivity index (χ4n) is 3.54. The van der Waals surface area contributed by atoms with Gasteiger partial charge in [0.25, 0.3) is 0 Å². The summed E-state index contributed by atoms with van der Waals surface area (Å²) in [5, 5.41) is 10.7. The van der Waals surface area contributed by atoms with Gasteiger partial charge in [-0.2, -0.15) is 5.10 Å². The van der Waals surface area contributed by atoms with E-state index in [2.05, 4.69) is 15.7 Å². The molecule has 0 saturated carbocycles. The molecule has 8 nitrogen and oxygen atoms in total. The molecule has 0 unspecified atom stereocenters. The first-order valence-corrected chi connectivity index (χ1v) is 11.8. The second-order valence-electron chi connectivity index (χ2n) is 8.07. The summed E-state index contributed by atoms with van der Waals surface area (Å²) >= 11 is 5.91. The fourth-order valence-corrected chi connectivity index (χ4v) is 3.67. The van der Waals surface area contributed by atoms with Gasteiger partial charge in [-0.1, -0.05) is 41.9 Å². The van der Waals surface area contributed by atoms with Crippen molar-refractivity contribution in [1.82, 2.24) is 14.7 Å². The third kappa shape index (κ3) is 6.93. The Hall–Kier alpha value is -4.21. The van der Waals surface area contributed by atoms with E-state index >= 15 is 0 Å². The van der Waals surface area contributed by atoms with E-state index in [-0.39, 0.29) is 25.5 Å². The van der Waals surface area contributed by atoms with E-state index in [1.54, 1.807) is 42.5 Å². The summed E-state index contributed by atoms with van der Waals surface area (Å²) in [5.74, 6) is -0.448. The number of aromatic nitrogens is 2. The van der Waals surface area contributed by atoms with E-state index in [1.807, 2.05) is 30.3 Å². The Morgan fingerprint density at radius 3 is 2.38 bits per heavy atom. The SMILES string of the molecule is COCCN(CC(=O)Nc1cc(-c2ccccc2)nn1-c1ccc(F)cc1)C(=O)Nc1ccc(Cl)cc1. The number of nitrogens with one attached hydrogen (secondary N) is 2. The quantitative estimate of drug-likeness (QED) is 0.306. The minimum absolute atomic E-state index is 0.190. The molecule has 0 aliphatic carbocycles. The molecule has 1 heterocycles. The molecule has 0 atom stereocenters. The summed E-state index contributed by atoms with van der Waals surface area (Å²) in [6.45, 7) is 0.195. The summed E-state index contributed by atoms with van der Waals surface area (Å²) in [6, 6.07) is 23.1. The van der Waals surface area contributed by atoms with E-state index in [4.69, 9.17) is 16.3 Å². The van der Waals surface area contributed by atoms with Crippen molar-refractivity contribution in [2.75, 3.05) is 37.4 Å². The van der Waals surface area contributed by atoms with Crippen molar-refractivity contribution < 1.29 is 18.7 Å². The summed E-state index contributed by atoms with van der Waals surface area (Å²) in [4.78, 5) is 27.3. The summed E-state index contributed by atoms with van der Waals surface area (Å²) in [7, 11) is 1.52. The summed E-state index contributed by atoms with van der Waals surface area (Å²) in [6.07, 6.45) is 0. The van der Waals surface area contributed by atoms with E-state index in [0.717, 1.165) is 5.56 Å². The predicted molar refractivity (Wildman–Crippen MR) is 142 cm³/mol. The van der Waals surface area contributed by atoms with Gasteiger partial charge in [-0.15, -0.1) is 0 Å². The standard InChI is InChI=1S/C27H25ClFN5O3/c1-37-16-15-33(27(36)30-22-11-7-20(28)8-12-22)18-26(35)31-25-17-24(19-5-3-2-4-6-19)32-34(25)23-13-9-21(29)10-14-23/h2-14,17H,15-16,18H2,1H3,(H,30,36)(H,31,35). The van der Waals surface area contributed by atoms with Crippen LogP contribution in [0.1, 0.15) is 0 Å². The number of methoxy groups -OCH3 is 1. The second-order valence-corrected chi connectivity index (χ2v) is 8.51. The third-order valence-electron chi connectivity index (χ3n) is 5.40. The van der Waals surface area contributed by atoms with Gasteiger partial charge in [0.15, 0.2) is 0 Å². The number of carbonyl (C=O) groups excluding carboxylic acids is 2. The monoisotopic (exact) mass is 521 g/mol. The Bertz CT molecular complexity index is 1340. The zero-order chi connectivity index (χ0) is 26.2. The first-order chi connectivity index (χ1) is 17.9. The largest absolute Gasteiger partial charge is 0.383 e. The lowest BCUT2D eigenvalue weighted by Crippen LogP contribution is -2.42. The molecule has 4 aromatic rings. The van der Waals surface area contributed by atoms with E-state index in [0.29, 0.717) is 27.9 Å². The number of anilines is 2. The van der Waals surface area contributed by atoms with Gasteiger partial charge >= 0.3 is 6.03 Å². The van der Waals surface area contributed by atoms with Crippen LogP contribution in [0.3, 0.4) is 0 Å². The number of hydrogen-bond donors (Lipinski definition) is 2. The highest BCUT2D eigenvalue weighted by atomic mass is 35.5. The van der Waals surface area contributed by atoms with Crippen molar-refractivity contribution in [1.29, 1.82) is 0 Å². The van der Waals surface area contributed by atoms with Gasteiger partial charge < -0.3 is 20.3 Å². The van der Waals surface area contributed by atoms with Crippen molar-refractivity contribution in [3.63, 3.8) is 0 Å². The van der Waals surface area contributed by atoms with Crippen molar-refractivity contribution in [2.24, 2.45) is 0 Å². The van der Waals surface area contributed by atoms with Crippen LogP contribution < -0.4 is 10.6 Å². The molecular formula is C27H25ClFN5O3. The fraction of sp³-hybridized carbons (Fsp3) is 0.148. The molecule has 3 aromatic carbocycles. The first kappa shape index (κ1) is 25.9. The lowest BCUT2D eigenvalue weighted by atomic mass is 10.1. The minimum atomic E-state index is -0.466. The lowest BCUT2D eigenvalue weighted by molar-refractivity contribution is -0.116. The Kier molecular flexibility index (Phi) is 8.50. The molecule has 0 spiro atoms. The zero-order valence-electron chi connectivity index (χ0n) is 20.0. The number of amides is 3. The highest BCUT2D eigenvalue weighted by Crippen LogP contribution is 2.25. The Morgan fingerprint density at radius 1 is 1.00 bits per heavy atom. The van der Waals surface area contributed by atoms with E-state index in [9.17, 15) is 14.0 Å². The molecule has 2 N–H and O–H groups in total. The number of urea groups is 1. The van der Waals surface area contributed by atoms with E-state index < -0.39 is 11.9 Å². The van der Waals surface area contributed by atoms with Gasteiger partial charge in [0.2, 0.25) is 5.91 Å². The molecule has 37 heavy (non-hydrogen) atoms. The zero-order valence-corrected chi connectivity index (χ0v) is 20.8. The number of halogens is 2. The second kappa shape index (κ2) is 12.2. The molecule has 1 aromatic heterocycles. The lowest BCUT2D eigenvalue weighted by Gasteiger charge is -2.22. The first-order valence-electron chi connectivity index (χ1n) is 11.4. The van der Waals surface area contributed by atoms with E-state index in [1.165, 1.54) is 28.8 Å². The minimum Gasteiger partial charge on any atom is -0.383 e. The number of benzene rings is 3. The number of carbonyl (C=O) groups is 2. The molecule has 0 saturated heterocycles. The van der Waals surface area contributed by atoms with Gasteiger partial charge in [-0.3, -0.25) is 4.79 Å². The Labute approximate surface area is 218 Å². The molecule has 0 aliphatic heterocycles. The van der Waals surface area contributed by atoms with Gasteiger partial charge in [0.05, 0.1) is 18.0 Å². The van der Waals surface area contributed by atoms with Crippen LogP contribution in [-0.2, 0) is 9.53 Å². The van der Waals surface area contributed by atoms with Crippen molar-refractivity contribution in [2.45, 2.75) is 0 Å². The smallest absolute Gasteiger partial charge is 0.322 e. The molecule has 4 rings (SSSR count). The van der Waals surface area contributed by atoms with Crippen molar-refractivity contribution in [3.05, 3.63) is 95.8 Å². The average molecular weight is 522 g/mol. The number of nitrogens with zero attached hydrogens (tertiary/aromatic N) is 3. The Morgan fingerprint density at radius 2 is 1.70 bits per heavy atom. The molecule has 0 aliphatic rings. The molecule has 190 valence electrons. The van der Waals surface area contributed by atoms with Crippen LogP contribution in [-0.4, -0.2) is 53.4 Å². The maximum atomic E-state index is 13.5. The van der Waals surface area contributed by atoms with Crippen LogP contribution in [0.25, 0.3) is 16.9 Å². The van der Waals surface area contributed by atoms with Crippen LogP contribution in [0.2, 0.25) is 5.02 Å². The van der Waals surface area contributed by atoms with Crippen LogP contribution in [0, 0.1) is 5.82 Å². The number of rotatable bonds is 9. The van der Waals surface area contributed by atoms with Gasteiger partial charge in [0.1, 0.15) is 18.2 Å². The van der Waals surface area contributed by atoms with Gasteiger partial charge in [-0.05, 0) is 48.5 Å². The van der Waals surface area contributed by atoms with Crippen LogP contribution in [0.5, 0.6) is 0 Å².